The predicted octanol–water partition coefficient (Wildman–Crippen LogP) is 0.868. The molecule has 0 spiro atoms. The van der Waals surface area contributed by atoms with Crippen LogP contribution in [0.1, 0.15) is 27.7 Å². The van der Waals surface area contributed by atoms with Gasteiger partial charge in [0.1, 0.15) is 0 Å². The van der Waals surface area contributed by atoms with Crippen LogP contribution in [-0.4, -0.2) is 48.7 Å². The minimum absolute atomic E-state index is 0.132. The zero-order chi connectivity index (χ0) is 12.6. The summed E-state index contributed by atoms with van der Waals surface area (Å²) >= 11 is 0. The number of hydrogen-bond donors (Lipinski definition) is 1. The van der Waals surface area contributed by atoms with Crippen molar-refractivity contribution in [1.82, 2.24) is 10.2 Å². The van der Waals surface area contributed by atoms with Crippen molar-refractivity contribution < 1.29 is 9.53 Å². The second kappa shape index (κ2) is 4.58. The molecular formula is C13H24N2O2. The van der Waals surface area contributed by atoms with Gasteiger partial charge in [-0.3, -0.25) is 4.79 Å². The van der Waals surface area contributed by atoms with E-state index in [4.69, 9.17) is 4.74 Å². The van der Waals surface area contributed by atoms with Crippen LogP contribution < -0.4 is 5.32 Å². The Bertz CT molecular complexity index is 304. The Morgan fingerprint density at radius 3 is 2.59 bits per heavy atom. The highest BCUT2D eigenvalue weighted by atomic mass is 16.5. The summed E-state index contributed by atoms with van der Waals surface area (Å²) in [6, 6.07) is 0. The number of hydrogen-bond acceptors (Lipinski definition) is 3. The quantitative estimate of drug-likeness (QED) is 0.739. The third-order valence-electron chi connectivity index (χ3n) is 3.72. The molecule has 0 saturated carbocycles. The molecule has 0 radical (unpaired) electrons. The van der Waals surface area contributed by atoms with Gasteiger partial charge in [-0.15, -0.1) is 0 Å². The van der Waals surface area contributed by atoms with Crippen LogP contribution in [0.3, 0.4) is 0 Å². The first kappa shape index (κ1) is 12.8. The molecule has 3 unspecified atom stereocenters. The minimum Gasteiger partial charge on any atom is -0.369 e. The molecule has 1 amide bonds. The number of ether oxygens (including phenoxy) is 1. The number of morpholine rings is 1. The van der Waals surface area contributed by atoms with Crippen molar-refractivity contribution in [2.45, 2.75) is 39.4 Å². The lowest BCUT2D eigenvalue weighted by atomic mass is 9.95. The van der Waals surface area contributed by atoms with Crippen molar-refractivity contribution in [1.29, 1.82) is 0 Å². The first-order chi connectivity index (χ1) is 7.89. The second-order valence-corrected chi connectivity index (χ2v) is 6.15. The molecule has 2 rings (SSSR count). The van der Waals surface area contributed by atoms with Crippen molar-refractivity contribution in [3.63, 3.8) is 0 Å². The van der Waals surface area contributed by atoms with Crippen molar-refractivity contribution in [2.24, 2.45) is 11.8 Å². The van der Waals surface area contributed by atoms with Crippen LogP contribution in [0.25, 0.3) is 0 Å². The first-order valence-corrected chi connectivity index (χ1v) is 6.56. The smallest absolute Gasteiger partial charge is 0.227 e. The SMILES string of the molecule is CC1CN(C(=O)C2CNCC2C)CC(C)(C)O1. The van der Waals surface area contributed by atoms with Crippen LogP contribution in [0.2, 0.25) is 0 Å². The fraction of sp³-hybridized carbons (Fsp3) is 0.923. The van der Waals surface area contributed by atoms with Gasteiger partial charge in [0, 0.05) is 19.6 Å². The summed E-state index contributed by atoms with van der Waals surface area (Å²) in [6.45, 7) is 11.5. The van der Waals surface area contributed by atoms with Gasteiger partial charge < -0.3 is 15.0 Å². The summed E-state index contributed by atoms with van der Waals surface area (Å²) in [6.07, 6.45) is 0.132. The lowest BCUT2D eigenvalue weighted by Crippen LogP contribution is -2.55. The Balaban J connectivity index is 2.03. The number of carbonyl (C=O) groups is 1. The van der Waals surface area contributed by atoms with E-state index in [2.05, 4.69) is 26.1 Å². The molecule has 2 saturated heterocycles. The van der Waals surface area contributed by atoms with Crippen LogP contribution in [0, 0.1) is 11.8 Å². The van der Waals surface area contributed by atoms with Gasteiger partial charge in [-0.2, -0.15) is 0 Å². The van der Waals surface area contributed by atoms with Crippen molar-refractivity contribution >= 4 is 5.91 Å². The lowest BCUT2D eigenvalue weighted by Gasteiger charge is -2.42. The molecule has 2 aliphatic heterocycles. The predicted molar refractivity (Wildman–Crippen MR) is 66.7 cm³/mol. The second-order valence-electron chi connectivity index (χ2n) is 6.15. The Labute approximate surface area is 104 Å². The van der Waals surface area contributed by atoms with E-state index >= 15 is 0 Å². The number of carbonyl (C=O) groups excluding carboxylic acids is 1. The third-order valence-corrected chi connectivity index (χ3v) is 3.72. The van der Waals surface area contributed by atoms with E-state index < -0.39 is 0 Å². The van der Waals surface area contributed by atoms with Crippen LogP contribution >= 0.6 is 0 Å². The van der Waals surface area contributed by atoms with Gasteiger partial charge in [0.2, 0.25) is 5.91 Å². The first-order valence-electron chi connectivity index (χ1n) is 6.56. The van der Waals surface area contributed by atoms with Crippen molar-refractivity contribution in [2.75, 3.05) is 26.2 Å². The maximum absolute atomic E-state index is 12.5. The van der Waals surface area contributed by atoms with E-state index in [-0.39, 0.29) is 17.6 Å². The molecular weight excluding hydrogens is 216 g/mol. The maximum Gasteiger partial charge on any atom is 0.227 e. The molecule has 17 heavy (non-hydrogen) atoms. The molecule has 1 N–H and O–H groups in total. The Morgan fingerprint density at radius 1 is 1.35 bits per heavy atom. The summed E-state index contributed by atoms with van der Waals surface area (Å²) in [5.41, 5.74) is -0.220. The fourth-order valence-corrected chi connectivity index (χ4v) is 3.00. The van der Waals surface area contributed by atoms with Gasteiger partial charge in [0.05, 0.1) is 17.6 Å². The van der Waals surface area contributed by atoms with E-state index in [0.29, 0.717) is 18.4 Å². The van der Waals surface area contributed by atoms with E-state index in [9.17, 15) is 4.79 Å². The maximum atomic E-state index is 12.5. The average molecular weight is 240 g/mol. The molecule has 0 aliphatic carbocycles. The van der Waals surface area contributed by atoms with Gasteiger partial charge >= 0.3 is 0 Å². The lowest BCUT2D eigenvalue weighted by molar-refractivity contribution is -0.162. The van der Waals surface area contributed by atoms with Gasteiger partial charge in [0.15, 0.2) is 0 Å². The Morgan fingerprint density at radius 2 is 2.06 bits per heavy atom. The highest BCUT2D eigenvalue weighted by Crippen LogP contribution is 2.25. The molecule has 0 bridgehead atoms. The number of nitrogens with zero attached hydrogens (tertiary/aromatic N) is 1. The van der Waals surface area contributed by atoms with Gasteiger partial charge in [-0.25, -0.2) is 0 Å². The molecule has 3 atom stereocenters. The zero-order valence-corrected chi connectivity index (χ0v) is 11.3. The summed E-state index contributed by atoms with van der Waals surface area (Å²) in [5.74, 6) is 0.894. The normalized spacial score (nSPS) is 37.2. The fourth-order valence-electron chi connectivity index (χ4n) is 3.00. The van der Waals surface area contributed by atoms with Crippen molar-refractivity contribution in [3.8, 4) is 0 Å². The van der Waals surface area contributed by atoms with Crippen LogP contribution in [-0.2, 0) is 9.53 Å². The standard InChI is InChI=1S/C13H24N2O2/c1-9-5-14-6-11(9)12(16)15-7-10(2)17-13(3,4)8-15/h9-11,14H,5-8H2,1-4H3. The molecule has 2 fully saturated rings. The largest absolute Gasteiger partial charge is 0.369 e. The van der Waals surface area contributed by atoms with E-state index in [0.717, 1.165) is 19.6 Å². The average Bonchev–Trinajstić information content (AvgIpc) is 2.60. The number of amides is 1. The molecule has 4 heteroatoms. The summed E-state index contributed by atoms with van der Waals surface area (Å²) in [4.78, 5) is 14.5. The molecule has 2 aliphatic rings. The third kappa shape index (κ3) is 2.80. The van der Waals surface area contributed by atoms with Gasteiger partial charge in [-0.05, 0) is 33.2 Å². The summed E-state index contributed by atoms with van der Waals surface area (Å²) in [7, 11) is 0. The monoisotopic (exact) mass is 240 g/mol. The van der Waals surface area contributed by atoms with Crippen LogP contribution in [0.5, 0.6) is 0 Å². The Hall–Kier alpha value is -0.610. The number of nitrogens with one attached hydrogen (secondary N) is 1. The summed E-state index contributed by atoms with van der Waals surface area (Å²) in [5, 5.41) is 3.30. The Kier molecular flexibility index (Phi) is 3.46. The van der Waals surface area contributed by atoms with Crippen molar-refractivity contribution in [3.05, 3.63) is 0 Å². The van der Waals surface area contributed by atoms with Gasteiger partial charge in [-0.1, -0.05) is 6.92 Å². The molecule has 0 aromatic heterocycles. The molecule has 2 heterocycles. The molecule has 0 aromatic carbocycles. The van der Waals surface area contributed by atoms with E-state index in [1.165, 1.54) is 0 Å². The topological polar surface area (TPSA) is 41.6 Å². The molecule has 0 aromatic rings. The molecule has 4 nitrogen and oxygen atoms in total. The molecule has 98 valence electrons. The zero-order valence-electron chi connectivity index (χ0n) is 11.3. The highest BCUT2D eigenvalue weighted by molar-refractivity contribution is 5.80. The number of rotatable bonds is 1. The minimum atomic E-state index is -0.220. The van der Waals surface area contributed by atoms with E-state index in [1.54, 1.807) is 0 Å². The summed E-state index contributed by atoms with van der Waals surface area (Å²) < 4.78 is 5.83. The van der Waals surface area contributed by atoms with Gasteiger partial charge in [0.25, 0.3) is 0 Å². The van der Waals surface area contributed by atoms with Crippen LogP contribution in [0.4, 0.5) is 0 Å². The van der Waals surface area contributed by atoms with Crippen LogP contribution in [0.15, 0.2) is 0 Å². The highest BCUT2D eigenvalue weighted by Gasteiger charge is 2.38. The van der Waals surface area contributed by atoms with E-state index in [1.807, 2.05) is 11.8 Å².